The maximum absolute atomic E-state index is 8.82. The summed E-state index contributed by atoms with van der Waals surface area (Å²) in [4.78, 5) is 7.59. The number of hydrogen-bond donors (Lipinski definition) is 1. The molecule has 0 aliphatic carbocycles. The number of benzene rings is 1. The van der Waals surface area contributed by atoms with E-state index < -0.39 is 0 Å². The first kappa shape index (κ1) is 9.60. The minimum absolute atomic E-state index is 0.619. The van der Waals surface area contributed by atoms with Crippen LogP contribution in [0.2, 0.25) is 0 Å². The second-order valence-corrected chi connectivity index (χ2v) is 3.80. The molecule has 0 amide bonds. The van der Waals surface area contributed by atoms with Crippen LogP contribution in [0.3, 0.4) is 0 Å². The van der Waals surface area contributed by atoms with Crippen LogP contribution in [-0.4, -0.2) is 19.7 Å². The van der Waals surface area contributed by atoms with Crippen LogP contribution in [0.5, 0.6) is 0 Å². The first-order valence-corrected chi connectivity index (χ1v) is 5.16. The van der Waals surface area contributed by atoms with E-state index in [1.807, 2.05) is 25.4 Å². The predicted molar refractivity (Wildman–Crippen MR) is 63.0 cm³/mol. The third kappa shape index (κ3) is 1.56. The quantitative estimate of drug-likeness (QED) is 0.684. The number of aryl methyl sites for hydroxylation is 1. The van der Waals surface area contributed by atoms with Crippen LogP contribution in [-0.2, 0) is 7.05 Å². The molecule has 5 heteroatoms. The molecule has 2 aromatic heterocycles. The Morgan fingerprint density at radius 1 is 1.35 bits per heavy atom. The lowest BCUT2D eigenvalue weighted by atomic mass is 10.2. The molecule has 0 aliphatic rings. The van der Waals surface area contributed by atoms with Crippen LogP contribution in [0.1, 0.15) is 5.56 Å². The fourth-order valence-electron chi connectivity index (χ4n) is 1.74. The van der Waals surface area contributed by atoms with Crippen molar-refractivity contribution in [3.8, 4) is 17.6 Å². The Bertz CT molecular complexity index is 729. The average Bonchev–Trinajstić information content (AvgIpc) is 2.93. The van der Waals surface area contributed by atoms with Gasteiger partial charge in [-0.1, -0.05) is 0 Å². The maximum Gasteiger partial charge on any atom is 0.159 e. The van der Waals surface area contributed by atoms with Crippen molar-refractivity contribution in [2.75, 3.05) is 0 Å². The fraction of sp³-hybridized carbons (Fsp3) is 0.0833. The van der Waals surface area contributed by atoms with E-state index in [0.717, 1.165) is 22.6 Å². The first-order valence-electron chi connectivity index (χ1n) is 5.16. The molecule has 0 unspecified atom stereocenters. The number of imidazole rings is 1. The largest absolute Gasteiger partial charge is 0.337 e. The van der Waals surface area contributed by atoms with E-state index >= 15 is 0 Å². The maximum atomic E-state index is 8.82. The van der Waals surface area contributed by atoms with Crippen LogP contribution < -0.4 is 0 Å². The summed E-state index contributed by atoms with van der Waals surface area (Å²) in [6.45, 7) is 0. The molecule has 0 atom stereocenters. The first-order chi connectivity index (χ1) is 8.26. The zero-order valence-corrected chi connectivity index (χ0v) is 9.18. The molecule has 2 heterocycles. The fourth-order valence-corrected chi connectivity index (χ4v) is 1.74. The molecule has 0 aliphatic heterocycles. The van der Waals surface area contributed by atoms with E-state index in [0.29, 0.717) is 5.56 Å². The van der Waals surface area contributed by atoms with Crippen LogP contribution in [0.25, 0.3) is 22.6 Å². The highest BCUT2D eigenvalue weighted by Gasteiger charge is 2.07. The normalized spacial score (nSPS) is 10.6. The lowest BCUT2D eigenvalue weighted by molar-refractivity contribution is 0.769. The number of nitrogens with one attached hydrogen (secondary N) is 1. The summed E-state index contributed by atoms with van der Waals surface area (Å²) in [6, 6.07) is 9.37. The molecule has 0 fully saturated rings. The van der Waals surface area contributed by atoms with Crippen molar-refractivity contribution < 1.29 is 0 Å². The summed E-state index contributed by atoms with van der Waals surface area (Å²) in [5.41, 5.74) is 3.10. The average molecular weight is 223 g/mol. The van der Waals surface area contributed by atoms with Crippen molar-refractivity contribution in [1.82, 2.24) is 19.7 Å². The van der Waals surface area contributed by atoms with Crippen molar-refractivity contribution in [2.45, 2.75) is 0 Å². The summed E-state index contributed by atoms with van der Waals surface area (Å²) in [5, 5.41) is 13.1. The van der Waals surface area contributed by atoms with Crippen LogP contribution in [0.4, 0.5) is 0 Å². The number of fused-ring (bicyclic) bond motifs is 1. The van der Waals surface area contributed by atoms with Crippen molar-refractivity contribution >= 4 is 11.0 Å². The molecular formula is C12H9N5. The molecule has 3 aromatic rings. The Kier molecular flexibility index (Phi) is 1.95. The summed E-state index contributed by atoms with van der Waals surface area (Å²) in [6.07, 6.45) is 1.86. The van der Waals surface area contributed by atoms with Gasteiger partial charge in [-0.3, -0.25) is 4.68 Å². The van der Waals surface area contributed by atoms with Crippen molar-refractivity contribution in [1.29, 1.82) is 5.26 Å². The van der Waals surface area contributed by atoms with Gasteiger partial charge in [-0.25, -0.2) is 4.98 Å². The van der Waals surface area contributed by atoms with Crippen LogP contribution in [0.15, 0.2) is 30.5 Å². The molecule has 82 valence electrons. The lowest BCUT2D eigenvalue weighted by Crippen LogP contribution is -1.88. The van der Waals surface area contributed by atoms with E-state index in [4.69, 9.17) is 5.26 Å². The molecule has 0 bridgehead atoms. The Balaban J connectivity index is 2.17. The minimum atomic E-state index is 0.619. The Morgan fingerprint density at radius 2 is 2.24 bits per heavy atom. The van der Waals surface area contributed by atoms with E-state index in [2.05, 4.69) is 21.1 Å². The van der Waals surface area contributed by atoms with Gasteiger partial charge in [0, 0.05) is 13.2 Å². The minimum Gasteiger partial charge on any atom is -0.337 e. The Hall–Kier alpha value is -2.61. The van der Waals surface area contributed by atoms with Gasteiger partial charge in [0.15, 0.2) is 5.82 Å². The monoisotopic (exact) mass is 223 g/mol. The second-order valence-electron chi connectivity index (χ2n) is 3.80. The molecule has 0 spiro atoms. The summed E-state index contributed by atoms with van der Waals surface area (Å²) < 4.78 is 1.73. The molecular weight excluding hydrogens is 214 g/mol. The van der Waals surface area contributed by atoms with E-state index in [1.165, 1.54) is 0 Å². The zero-order chi connectivity index (χ0) is 11.8. The van der Waals surface area contributed by atoms with Gasteiger partial charge in [-0.05, 0) is 24.3 Å². The van der Waals surface area contributed by atoms with Crippen LogP contribution in [0, 0.1) is 11.3 Å². The highest BCUT2D eigenvalue weighted by atomic mass is 15.3. The highest BCUT2D eigenvalue weighted by Crippen LogP contribution is 2.19. The van der Waals surface area contributed by atoms with Gasteiger partial charge in [0.2, 0.25) is 0 Å². The van der Waals surface area contributed by atoms with E-state index in [9.17, 15) is 0 Å². The van der Waals surface area contributed by atoms with Crippen molar-refractivity contribution in [3.05, 3.63) is 36.0 Å². The van der Waals surface area contributed by atoms with E-state index in [-0.39, 0.29) is 0 Å². The van der Waals surface area contributed by atoms with Gasteiger partial charge in [-0.15, -0.1) is 0 Å². The molecule has 1 N–H and O–H groups in total. The topological polar surface area (TPSA) is 70.3 Å². The number of nitrogens with zero attached hydrogens (tertiary/aromatic N) is 4. The predicted octanol–water partition coefficient (Wildman–Crippen LogP) is 1.84. The lowest BCUT2D eigenvalue weighted by Gasteiger charge is -1.88. The summed E-state index contributed by atoms with van der Waals surface area (Å²) >= 11 is 0. The number of aromatic nitrogens is 4. The van der Waals surface area contributed by atoms with Gasteiger partial charge in [0.05, 0.1) is 22.7 Å². The van der Waals surface area contributed by atoms with Crippen LogP contribution >= 0.6 is 0 Å². The third-order valence-corrected chi connectivity index (χ3v) is 2.57. The molecule has 3 rings (SSSR count). The van der Waals surface area contributed by atoms with E-state index in [1.54, 1.807) is 16.8 Å². The molecule has 0 saturated carbocycles. The molecule has 0 radical (unpaired) electrons. The SMILES string of the molecule is Cn1ccc(-c2nc3ccc(C#N)cc3[nH]2)n1. The van der Waals surface area contributed by atoms with Gasteiger partial charge >= 0.3 is 0 Å². The number of aromatic amines is 1. The standard InChI is InChI=1S/C12H9N5/c1-17-5-4-10(16-17)12-14-9-3-2-8(7-13)6-11(9)15-12/h2-6H,1H3,(H,14,15). The molecule has 0 saturated heterocycles. The number of H-pyrrole nitrogens is 1. The van der Waals surface area contributed by atoms with Gasteiger partial charge < -0.3 is 4.98 Å². The second kappa shape index (κ2) is 3.46. The Morgan fingerprint density at radius 3 is 2.94 bits per heavy atom. The number of rotatable bonds is 1. The van der Waals surface area contributed by atoms with Gasteiger partial charge in [0.25, 0.3) is 0 Å². The number of hydrogen-bond acceptors (Lipinski definition) is 3. The third-order valence-electron chi connectivity index (χ3n) is 2.57. The summed E-state index contributed by atoms with van der Waals surface area (Å²) in [5.74, 6) is 0.718. The van der Waals surface area contributed by atoms with Gasteiger partial charge in [-0.2, -0.15) is 10.4 Å². The smallest absolute Gasteiger partial charge is 0.159 e. The molecule has 5 nitrogen and oxygen atoms in total. The highest BCUT2D eigenvalue weighted by molar-refractivity contribution is 5.80. The van der Waals surface area contributed by atoms with Crippen molar-refractivity contribution in [3.63, 3.8) is 0 Å². The van der Waals surface area contributed by atoms with Crippen molar-refractivity contribution in [2.24, 2.45) is 7.05 Å². The number of nitriles is 1. The Labute approximate surface area is 97.3 Å². The van der Waals surface area contributed by atoms with Gasteiger partial charge in [0.1, 0.15) is 5.69 Å². The zero-order valence-electron chi connectivity index (χ0n) is 9.18. The molecule has 17 heavy (non-hydrogen) atoms. The molecule has 1 aromatic carbocycles. The summed E-state index contributed by atoms with van der Waals surface area (Å²) in [7, 11) is 1.86.